The fourth-order valence-electron chi connectivity index (χ4n) is 2.89. The molecule has 2 aromatic carbocycles. The van der Waals surface area contributed by atoms with Gasteiger partial charge in [-0.15, -0.1) is 0 Å². The van der Waals surface area contributed by atoms with Crippen LogP contribution in [0.2, 0.25) is 0 Å². The van der Waals surface area contributed by atoms with E-state index >= 15 is 0 Å². The van der Waals surface area contributed by atoms with Crippen LogP contribution in [0.5, 0.6) is 0 Å². The van der Waals surface area contributed by atoms with Gasteiger partial charge in [-0.05, 0) is 74.6 Å². The van der Waals surface area contributed by atoms with Gasteiger partial charge in [-0.3, -0.25) is 0 Å². The summed E-state index contributed by atoms with van der Waals surface area (Å²) in [7, 11) is 0. The number of benzene rings is 2. The lowest BCUT2D eigenvalue weighted by Gasteiger charge is -2.12. The molecule has 3 rings (SSSR count). The van der Waals surface area contributed by atoms with Gasteiger partial charge in [-0.2, -0.15) is 0 Å². The number of pyridine rings is 1. The molecular formula is C20H21N. The maximum absolute atomic E-state index is 4.91. The molecule has 1 heteroatoms. The molecule has 0 unspecified atom stereocenters. The van der Waals surface area contributed by atoms with Crippen molar-refractivity contribution in [2.45, 2.75) is 34.6 Å². The molecule has 1 aromatic heterocycles. The van der Waals surface area contributed by atoms with Crippen LogP contribution in [0.15, 0.2) is 36.4 Å². The first-order valence-corrected chi connectivity index (χ1v) is 7.43. The van der Waals surface area contributed by atoms with E-state index in [1.165, 1.54) is 38.8 Å². The van der Waals surface area contributed by atoms with Crippen LogP contribution in [0, 0.1) is 34.6 Å². The summed E-state index contributed by atoms with van der Waals surface area (Å²) < 4.78 is 0. The van der Waals surface area contributed by atoms with Gasteiger partial charge in [-0.1, -0.05) is 24.3 Å². The van der Waals surface area contributed by atoms with Crippen molar-refractivity contribution >= 4 is 10.9 Å². The minimum absolute atomic E-state index is 1.06. The van der Waals surface area contributed by atoms with Crippen LogP contribution >= 0.6 is 0 Å². The van der Waals surface area contributed by atoms with Crippen molar-refractivity contribution < 1.29 is 0 Å². The van der Waals surface area contributed by atoms with Crippen molar-refractivity contribution in [1.82, 2.24) is 4.98 Å². The highest BCUT2D eigenvalue weighted by atomic mass is 14.7. The zero-order valence-corrected chi connectivity index (χ0v) is 13.4. The summed E-state index contributed by atoms with van der Waals surface area (Å²) in [6, 6.07) is 13.0. The number of rotatable bonds is 1. The predicted molar refractivity (Wildman–Crippen MR) is 90.9 cm³/mol. The maximum atomic E-state index is 4.91. The molecule has 0 amide bonds. The second-order valence-electron chi connectivity index (χ2n) is 5.95. The molecule has 0 bridgehead atoms. The fourth-order valence-corrected chi connectivity index (χ4v) is 2.89. The fraction of sp³-hybridized carbons (Fsp3) is 0.250. The Hall–Kier alpha value is -2.15. The SMILES string of the molecule is Cc1cccc(-c2ccc3c(C)c(C)c(C)cc3n2)c1C. The molecular weight excluding hydrogens is 254 g/mol. The van der Waals surface area contributed by atoms with Gasteiger partial charge < -0.3 is 0 Å². The van der Waals surface area contributed by atoms with Gasteiger partial charge in [0.15, 0.2) is 0 Å². The molecule has 0 atom stereocenters. The van der Waals surface area contributed by atoms with E-state index in [0.29, 0.717) is 0 Å². The second kappa shape index (κ2) is 5.00. The van der Waals surface area contributed by atoms with E-state index in [1.807, 2.05) is 0 Å². The van der Waals surface area contributed by atoms with Gasteiger partial charge in [0.1, 0.15) is 0 Å². The van der Waals surface area contributed by atoms with Crippen LogP contribution in [0.4, 0.5) is 0 Å². The average molecular weight is 275 g/mol. The predicted octanol–water partition coefficient (Wildman–Crippen LogP) is 5.44. The van der Waals surface area contributed by atoms with Crippen molar-refractivity contribution in [2.24, 2.45) is 0 Å². The summed E-state index contributed by atoms with van der Waals surface area (Å²) in [4.78, 5) is 4.91. The molecule has 0 aliphatic heterocycles. The largest absolute Gasteiger partial charge is 0.248 e. The highest BCUT2D eigenvalue weighted by Gasteiger charge is 2.09. The number of aryl methyl sites for hydroxylation is 3. The topological polar surface area (TPSA) is 12.9 Å². The van der Waals surface area contributed by atoms with Crippen LogP contribution in [0.1, 0.15) is 27.8 Å². The van der Waals surface area contributed by atoms with E-state index < -0.39 is 0 Å². The third kappa shape index (κ3) is 2.23. The molecule has 0 saturated carbocycles. The molecule has 0 aliphatic rings. The Morgan fingerprint density at radius 2 is 1.48 bits per heavy atom. The first kappa shape index (κ1) is 13.8. The maximum Gasteiger partial charge on any atom is 0.0715 e. The standard InChI is InChI=1S/C20H21N/c1-12-7-6-8-17(15(12)4)19-10-9-18-16(5)14(3)13(2)11-20(18)21-19/h6-11H,1-5H3. The minimum atomic E-state index is 1.06. The molecule has 0 spiro atoms. The molecule has 0 radical (unpaired) electrons. The summed E-state index contributed by atoms with van der Waals surface area (Å²) in [5.41, 5.74) is 10.0. The number of nitrogens with zero attached hydrogens (tertiary/aromatic N) is 1. The molecule has 0 aliphatic carbocycles. The third-order valence-electron chi connectivity index (χ3n) is 4.72. The van der Waals surface area contributed by atoms with Crippen molar-refractivity contribution in [2.75, 3.05) is 0 Å². The third-order valence-corrected chi connectivity index (χ3v) is 4.72. The van der Waals surface area contributed by atoms with E-state index in [4.69, 9.17) is 4.98 Å². The Labute approximate surface area is 126 Å². The first-order valence-electron chi connectivity index (χ1n) is 7.43. The van der Waals surface area contributed by atoms with E-state index in [2.05, 4.69) is 71.0 Å². The molecule has 0 N–H and O–H groups in total. The Balaban J connectivity index is 2.27. The molecule has 0 fully saturated rings. The Morgan fingerprint density at radius 1 is 0.714 bits per heavy atom. The Bertz CT molecular complexity index is 844. The van der Waals surface area contributed by atoms with Crippen molar-refractivity contribution in [3.63, 3.8) is 0 Å². The van der Waals surface area contributed by atoms with Gasteiger partial charge in [0.25, 0.3) is 0 Å². The summed E-state index contributed by atoms with van der Waals surface area (Å²) in [5.74, 6) is 0. The Morgan fingerprint density at radius 3 is 2.24 bits per heavy atom. The smallest absolute Gasteiger partial charge is 0.0715 e. The summed E-state index contributed by atoms with van der Waals surface area (Å²) in [6.45, 7) is 10.8. The molecule has 1 nitrogen and oxygen atoms in total. The van der Waals surface area contributed by atoms with Crippen LogP contribution < -0.4 is 0 Å². The van der Waals surface area contributed by atoms with Crippen molar-refractivity contribution in [3.8, 4) is 11.3 Å². The van der Waals surface area contributed by atoms with Gasteiger partial charge in [0.2, 0.25) is 0 Å². The lowest BCUT2D eigenvalue weighted by atomic mass is 9.97. The summed E-state index contributed by atoms with van der Waals surface area (Å²) in [5, 5.41) is 1.26. The normalized spacial score (nSPS) is 11.1. The van der Waals surface area contributed by atoms with Gasteiger partial charge in [-0.25, -0.2) is 4.98 Å². The van der Waals surface area contributed by atoms with Crippen LogP contribution in [-0.4, -0.2) is 4.98 Å². The van der Waals surface area contributed by atoms with Crippen LogP contribution in [0.25, 0.3) is 22.2 Å². The number of hydrogen-bond donors (Lipinski definition) is 0. The molecule has 0 saturated heterocycles. The second-order valence-corrected chi connectivity index (χ2v) is 5.95. The van der Waals surface area contributed by atoms with Gasteiger partial charge in [0, 0.05) is 10.9 Å². The quantitative estimate of drug-likeness (QED) is 0.576. The molecule has 3 aromatic rings. The zero-order chi connectivity index (χ0) is 15.1. The Kier molecular flexibility index (Phi) is 3.29. The van der Waals surface area contributed by atoms with Crippen LogP contribution in [0.3, 0.4) is 0 Å². The molecule has 1 heterocycles. The van der Waals surface area contributed by atoms with E-state index in [-0.39, 0.29) is 0 Å². The van der Waals surface area contributed by atoms with E-state index in [1.54, 1.807) is 0 Å². The van der Waals surface area contributed by atoms with Crippen molar-refractivity contribution in [1.29, 1.82) is 0 Å². The lowest BCUT2D eigenvalue weighted by molar-refractivity contribution is 1.27. The highest BCUT2D eigenvalue weighted by Crippen LogP contribution is 2.28. The monoisotopic (exact) mass is 275 g/mol. The number of fused-ring (bicyclic) bond motifs is 1. The van der Waals surface area contributed by atoms with Gasteiger partial charge >= 0.3 is 0 Å². The first-order chi connectivity index (χ1) is 9.99. The summed E-state index contributed by atoms with van der Waals surface area (Å²) in [6.07, 6.45) is 0. The average Bonchev–Trinajstić information content (AvgIpc) is 2.47. The number of aromatic nitrogens is 1. The van der Waals surface area contributed by atoms with Gasteiger partial charge in [0.05, 0.1) is 11.2 Å². The summed E-state index contributed by atoms with van der Waals surface area (Å²) >= 11 is 0. The van der Waals surface area contributed by atoms with Crippen molar-refractivity contribution in [3.05, 3.63) is 64.2 Å². The molecule has 21 heavy (non-hydrogen) atoms. The highest BCUT2D eigenvalue weighted by molar-refractivity contribution is 5.86. The lowest BCUT2D eigenvalue weighted by Crippen LogP contribution is -1.94. The number of hydrogen-bond acceptors (Lipinski definition) is 1. The molecule has 106 valence electrons. The van der Waals surface area contributed by atoms with E-state index in [9.17, 15) is 0 Å². The van der Waals surface area contributed by atoms with Crippen LogP contribution in [-0.2, 0) is 0 Å². The zero-order valence-electron chi connectivity index (χ0n) is 13.4. The van der Waals surface area contributed by atoms with E-state index in [0.717, 1.165) is 11.2 Å². The minimum Gasteiger partial charge on any atom is -0.248 e.